The van der Waals surface area contributed by atoms with Crippen LogP contribution in [0.25, 0.3) is 83.3 Å². The summed E-state index contributed by atoms with van der Waals surface area (Å²) >= 11 is 2.48. The molecule has 12 aromatic rings. The Morgan fingerprint density at radius 1 is 0.500 bits per heavy atom. The fourth-order valence-electron chi connectivity index (χ4n) is 10.5. The molecule has 0 spiro atoms. The minimum absolute atomic E-state index is 0.0644. The molecule has 1 aliphatic rings. The molecular weight excluding hydrogens is 1060 g/mol. The van der Waals surface area contributed by atoms with E-state index in [0.717, 1.165) is 71.2 Å². The second kappa shape index (κ2) is 17.5. The Bertz CT molecular complexity index is 4010. The number of hydrogen-bond donors (Lipinski definition) is 0. The summed E-state index contributed by atoms with van der Waals surface area (Å²) in [6.07, 6.45) is 1.93. The van der Waals surface area contributed by atoms with Crippen LogP contribution in [0.5, 0.6) is 11.5 Å². The summed E-state index contributed by atoms with van der Waals surface area (Å²) in [5, 5.41) is 2.49. The summed E-state index contributed by atoms with van der Waals surface area (Å²) in [5.41, 5.74) is 17.7. The molecule has 0 atom stereocenters. The second-order valence-electron chi connectivity index (χ2n) is 19.4. The Morgan fingerprint density at radius 2 is 1.08 bits per heavy atom. The third kappa shape index (κ3) is 7.45. The van der Waals surface area contributed by atoms with E-state index >= 15 is 0 Å². The first kappa shape index (κ1) is 43.7. The number of anilines is 2. The first-order valence-corrected chi connectivity index (χ1v) is 25.5. The third-order valence-corrected chi connectivity index (χ3v) is 15.0. The first-order valence-electron chi connectivity index (χ1n) is 24.3. The van der Waals surface area contributed by atoms with Crippen molar-refractivity contribution < 1.29 is 24.1 Å². The zero-order chi connectivity index (χ0) is 48.5. The van der Waals surface area contributed by atoms with E-state index in [9.17, 15) is 0 Å². The van der Waals surface area contributed by atoms with Gasteiger partial charge in [0.1, 0.15) is 0 Å². The number of rotatable bonds is 8. The molecule has 0 aliphatic carbocycles. The number of imidazole rings is 1. The van der Waals surface area contributed by atoms with Crippen LogP contribution < -0.4 is 9.64 Å². The molecule has 0 saturated heterocycles. The standard InChI is InChI=1S/C65H47N5O.Pt/c1-65(2,3)47-36-37-66-63(39-47)67-42-46-38-49(70-58-28-12-10-24-55(58)56-25-11-13-29-59(56)70)32-34-52(46)57-35-33-51(41-62(57)67)71-50-23-16-22-48(40-50)68-43-69(61-31-15-14-30-60(61)68)64-53(44-18-6-4-7-19-44)26-17-27-54(64)45-20-8-5-9-21-45;/h4-39H,42H2,1-3H3;/q-2;. The monoisotopic (exact) mass is 1110 g/mol. The predicted octanol–water partition coefficient (Wildman–Crippen LogP) is 16.3. The molecule has 0 radical (unpaired) electrons. The normalized spacial score (nSPS) is 12.4. The van der Waals surface area contributed by atoms with Crippen LogP contribution in [0.15, 0.2) is 219 Å². The van der Waals surface area contributed by atoms with Crippen LogP contribution in [0.1, 0.15) is 31.9 Å². The van der Waals surface area contributed by atoms with Crippen LogP contribution in [0.2, 0.25) is 0 Å². The molecule has 0 bridgehead atoms. The van der Waals surface area contributed by atoms with Gasteiger partial charge in [-0.1, -0.05) is 57.2 Å². The van der Waals surface area contributed by atoms with Gasteiger partial charge < -0.3 is 4.57 Å². The molecule has 4 heterocycles. The third-order valence-electron chi connectivity index (χ3n) is 13.9. The van der Waals surface area contributed by atoms with Gasteiger partial charge in [0.2, 0.25) is 0 Å². The van der Waals surface area contributed by atoms with Crippen LogP contribution >= 0.6 is 0 Å². The van der Waals surface area contributed by atoms with Gasteiger partial charge in [0.25, 0.3) is 0 Å². The summed E-state index contributed by atoms with van der Waals surface area (Å²) in [6.45, 7) is 7.34. The molecule has 7 heteroatoms. The zero-order valence-electron chi connectivity index (χ0n) is 40.0. The molecule has 72 heavy (non-hydrogen) atoms. The van der Waals surface area contributed by atoms with E-state index in [1.165, 1.54) is 38.5 Å². The maximum absolute atomic E-state index is 6.82. The molecule has 13 rings (SSSR count). The molecule has 3 aromatic heterocycles. The van der Waals surface area contributed by atoms with Crippen molar-refractivity contribution in [2.45, 2.75) is 32.7 Å². The molecule has 0 fully saturated rings. The number of fused-ring (bicyclic) bond motifs is 7. The van der Waals surface area contributed by atoms with Gasteiger partial charge >= 0.3 is 296 Å². The number of hydrogen-bond acceptors (Lipinski definition) is 3. The fourth-order valence-corrected chi connectivity index (χ4v) is 11.6. The quantitative estimate of drug-likeness (QED) is 0.142. The number of benzene rings is 9. The van der Waals surface area contributed by atoms with Gasteiger partial charge in [-0.15, -0.1) is 0 Å². The van der Waals surface area contributed by atoms with Crippen molar-refractivity contribution in [2.75, 3.05) is 4.90 Å². The van der Waals surface area contributed by atoms with Gasteiger partial charge in [-0.3, -0.25) is 0 Å². The van der Waals surface area contributed by atoms with Crippen molar-refractivity contribution in [1.29, 1.82) is 0 Å². The van der Waals surface area contributed by atoms with E-state index in [4.69, 9.17) is 9.72 Å². The van der Waals surface area contributed by atoms with E-state index in [-0.39, 0.29) is 5.41 Å². The minimum atomic E-state index is -0.0644. The Hall–Kier alpha value is -8.31. The predicted molar refractivity (Wildman–Crippen MR) is 289 cm³/mol. The van der Waals surface area contributed by atoms with E-state index in [1.54, 1.807) is 0 Å². The molecule has 350 valence electrons. The topological polar surface area (TPSA) is 40.1 Å². The average Bonchev–Trinajstić information content (AvgIpc) is 3.91. The van der Waals surface area contributed by atoms with E-state index in [0.29, 0.717) is 18.0 Å². The Labute approximate surface area is 429 Å². The summed E-state index contributed by atoms with van der Waals surface area (Å²) < 4.78 is 14.9. The van der Waals surface area contributed by atoms with E-state index < -0.39 is 0 Å². The van der Waals surface area contributed by atoms with E-state index in [1.807, 2.05) is 24.4 Å². The SMILES string of the molecule is CC(C)(C)c1ccnc(N2Cc3cc(-n4c5ccccc5c5ccccc54)ccc3-c3ccc(Oc4[c-]c(-n5[c](=[Pt])n(-c6c(-c7ccccc7)cccc6-c6ccccc6)c6ccccc65)ccc4)[c-]c32)c1. The summed E-state index contributed by atoms with van der Waals surface area (Å²) in [5.74, 6) is 2.05. The fraction of sp³-hybridized carbons (Fsp3) is 0.0769. The van der Waals surface area contributed by atoms with Crippen LogP contribution in [0.4, 0.5) is 11.5 Å². The Balaban J connectivity index is 0.916. The van der Waals surface area contributed by atoms with Crippen LogP contribution in [0, 0.1) is 15.9 Å². The van der Waals surface area contributed by atoms with Gasteiger partial charge in [0.15, 0.2) is 0 Å². The molecule has 6 nitrogen and oxygen atoms in total. The van der Waals surface area contributed by atoms with Crippen molar-refractivity contribution >= 4 is 44.3 Å². The van der Waals surface area contributed by atoms with Crippen molar-refractivity contribution in [2.24, 2.45) is 0 Å². The number of para-hydroxylation sites is 5. The number of ether oxygens (including phenoxy) is 1. The molecule has 0 saturated carbocycles. The van der Waals surface area contributed by atoms with Crippen molar-refractivity contribution in [3.63, 3.8) is 0 Å². The molecule has 0 N–H and O–H groups in total. The molecular formula is C65H47N5OPt-2. The number of aromatic nitrogens is 4. The molecule has 1 aliphatic heterocycles. The van der Waals surface area contributed by atoms with Gasteiger partial charge in [-0.2, -0.15) is 0 Å². The molecule has 9 aromatic carbocycles. The zero-order valence-corrected chi connectivity index (χ0v) is 42.2. The first-order chi connectivity index (χ1) is 35.3. The van der Waals surface area contributed by atoms with Crippen LogP contribution in [0.3, 0.4) is 0 Å². The average molecular weight is 1110 g/mol. The molecule has 0 unspecified atom stereocenters. The van der Waals surface area contributed by atoms with E-state index in [2.05, 4.69) is 265 Å². The van der Waals surface area contributed by atoms with Crippen molar-refractivity contribution in [1.82, 2.24) is 18.7 Å². The Morgan fingerprint density at radius 3 is 1.75 bits per heavy atom. The van der Waals surface area contributed by atoms with Gasteiger partial charge in [0, 0.05) is 22.7 Å². The van der Waals surface area contributed by atoms with Gasteiger partial charge in [-0.05, 0) is 41.3 Å². The summed E-state index contributed by atoms with van der Waals surface area (Å²) in [4.78, 5) is 7.30. The summed E-state index contributed by atoms with van der Waals surface area (Å²) in [7, 11) is 0. The second-order valence-corrected chi connectivity index (χ2v) is 20.4. The molecule has 0 amide bonds. The van der Waals surface area contributed by atoms with Crippen LogP contribution in [-0.4, -0.2) is 18.7 Å². The van der Waals surface area contributed by atoms with Gasteiger partial charge in [-0.25, -0.2) is 0 Å². The van der Waals surface area contributed by atoms with Crippen molar-refractivity contribution in [3.8, 4) is 61.9 Å². The number of pyridine rings is 1. The van der Waals surface area contributed by atoms with Gasteiger partial charge in [0.05, 0.1) is 11.0 Å². The maximum atomic E-state index is 6.82. The van der Waals surface area contributed by atoms with Crippen LogP contribution in [-0.2, 0) is 31.3 Å². The summed E-state index contributed by atoms with van der Waals surface area (Å²) in [6, 6.07) is 82.8. The van der Waals surface area contributed by atoms with Crippen molar-refractivity contribution in [3.05, 3.63) is 246 Å². The Kier molecular flexibility index (Phi) is 10.6. The number of nitrogens with zero attached hydrogens (tertiary/aromatic N) is 5.